The van der Waals surface area contributed by atoms with E-state index in [0.717, 1.165) is 10.9 Å². The lowest BCUT2D eigenvalue weighted by Crippen LogP contribution is -2.43. The Bertz CT molecular complexity index is 1300. The van der Waals surface area contributed by atoms with Gasteiger partial charge in [0, 0.05) is 30.4 Å². The van der Waals surface area contributed by atoms with Crippen molar-refractivity contribution < 1.29 is 27.9 Å². The number of carboxylic acids is 1. The Morgan fingerprint density at radius 1 is 1.28 bits per heavy atom. The van der Waals surface area contributed by atoms with Crippen molar-refractivity contribution in [3.05, 3.63) is 54.2 Å². The van der Waals surface area contributed by atoms with Crippen LogP contribution in [0.1, 0.15) is 19.4 Å². The molecule has 1 aliphatic rings. The molecule has 0 radical (unpaired) electrons. The number of anilines is 1. The first-order chi connectivity index (χ1) is 15.2. The maximum absolute atomic E-state index is 13.0. The molecule has 0 aliphatic carbocycles. The van der Waals surface area contributed by atoms with E-state index in [1.54, 1.807) is 6.20 Å². The molecule has 0 saturated heterocycles. The molecule has 9 nitrogen and oxygen atoms in total. The summed E-state index contributed by atoms with van der Waals surface area (Å²) in [6.45, 7) is 3.49. The van der Waals surface area contributed by atoms with Crippen molar-refractivity contribution in [1.82, 2.24) is 9.71 Å². The zero-order chi connectivity index (χ0) is 23.0. The number of nitrogens with zero attached hydrogens (tertiary/aromatic N) is 1. The maximum atomic E-state index is 13.0. The van der Waals surface area contributed by atoms with Crippen molar-refractivity contribution in [2.75, 3.05) is 11.4 Å². The smallest absolute Gasteiger partial charge is 0.322 e. The van der Waals surface area contributed by atoms with Gasteiger partial charge in [0.05, 0.1) is 17.1 Å². The number of nitrogens with one attached hydrogen (secondary N) is 2. The van der Waals surface area contributed by atoms with Gasteiger partial charge in [-0.3, -0.25) is 9.59 Å². The molecule has 3 aromatic rings. The van der Waals surface area contributed by atoms with Crippen LogP contribution in [0.2, 0.25) is 0 Å². The largest absolute Gasteiger partial charge is 0.487 e. The van der Waals surface area contributed by atoms with Gasteiger partial charge in [-0.2, -0.15) is 4.72 Å². The highest BCUT2D eigenvalue weighted by molar-refractivity contribution is 7.89. The predicted molar refractivity (Wildman–Crippen MR) is 118 cm³/mol. The third kappa shape index (κ3) is 4.19. The number of carboxylic acid groups (broad SMARTS) is 1. The lowest BCUT2D eigenvalue weighted by atomic mass is 10.1. The normalized spacial score (nSPS) is 16.9. The summed E-state index contributed by atoms with van der Waals surface area (Å²) in [7, 11) is -4.19. The highest BCUT2D eigenvalue weighted by atomic mass is 32.2. The molecule has 0 spiro atoms. The van der Waals surface area contributed by atoms with Crippen LogP contribution in [-0.2, 0) is 26.0 Å². The van der Waals surface area contributed by atoms with Gasteiger partial charge in [0.1, 0.15) is 17.9 Å². The van der Waals surface area contributed by atoms with E-state index in [2.05, 4.69) is 9.71 Å². The summed E-state index contributed by atoms with van der Waals surface area (Å²) in [6.07, 6.45) is 1.40. The summed E-state index contributed by atoms with van der Waals surface area (Å²) in [6, 6.07) is 10.1. The number of carbonyl (C=O) groups excluding carboxylic acids is 1. The van der Waals surface area contributed by atoms with E-state index in [-0.39, 0.29) is 29.9 Å². The molecule has 168 valence electrons. The zero-order valence-corrected chi connectivity index (χ0v) is 18.3. The van der Waals surface area contributed by atoms with Gasteiger partial charge in [-0.15, -0.1) is 0 Å². The van der Waals surface area contributed by atoms with Gasteiger partial charge in [-0.25, -0.2) is 8.42 Å². The number of hydrogen-bond acceptors (Lipinski definition) is 5. The quantitative estimate of drug-likeness (QED) is 0.521. The van der Waals surface area contributed by atoms with Crippen molar-refractivity contribution in [3.8, 4) is 5.75 Å². The first kappa shape index (κ1) is 21.8. The molecule has 2 atom stereocenters. The molecule has 1 aromatic heterocycles. The minimum atomic E-state index is -4.19. The Kier molecular flexibility index (Phi) is 5.66. The highest BCUT2D eigenvalue weighted by Gasteiger charge is 2.30. The molecule has 1 aliphatic heterocycles. The van der Waals surface area contributed by atoms with Crippen LogP contribution in [0.3, 0.4) is 0 Å². The van der Waals surface area contributed by atoms with E-state index in [0.29, 0.717) is 17.0 Å². The number of fused-ring (bicyclic) bond motifs is 2. The molecule has 0 saturated carbocycles. The van der Waals surface area contributed by atoms with Crippen LogP contribution in [0.15, 0.2) is 53.6 Å². The first-order valence-corrected chi connectivity index (χ1v) is 11.5. The minimum Gasteiger partial charge on any atom is -0.487 e. The van der Waals surface area contributed by atoms with E-state index in [1.807, 2.05) is 31.2 Å². The topological polar surface area (TPSA) is 129 Å². The maximum Gasteiger partial charge on any atom is 0.322 e. The molecular formula is C22H23N3O6S. The summed E-state index contributed by atoms with van der Waals surface area (Å²) in [5.41, 5.74) is 1.86. The Morgan fingerprint density at radius 2 is 2.03 bits per heavy atom. The molecule has 4 rings (SSSR count). The Labute approximate surface area is 185 Å². The van der Waals surface area contributed by atoms with Crippen molar-refractivity contribution in [1.29, 1.82) is 0 Å². The molecule has 0 bridgehead atoms. The number of para-hydroxylation sites is 1. The summed E-state index contributed by atoms with van der Waals surface area (Å²) >= 11 is 0. The van der Waals surface area contributed by atoms with Gasteiger partial charge in [0.15, 0.2) is 0 Å². The number of benzene rings is 2. The molecule has 32 heavy (non-hydrogen) atoms. The van der Waals surface area contributed by atoms with E-state index in [1.165, 1.54) is 30.0 Å². The summed E-state index contributed by atoms with van der Waals surface area (Å²) in [5.74, 6) is -1.14. The zero-order valence-electron chi connectivity index (χ0n) is 17.5. The van der Waals surface area contributed by atoms with E-state index in [4.69, 9.17) is 4.74 Å². The van der Waals surface area contributed by atoms with Crippen LogP contribution in [0.4, 0.5) is 5.69 Å². The van der Waals surface area contributed by atoms with Crippen molar-refractivity contribution in [3.63, 3.8) is 0 Å². The molecule has 2 heterocycles. The van der Waals surface area contributed by atoms with Crippen LogP contribution >= 0.6 is 0 Å². The lowest BCUT2D eigenvalue weighted by Gasteiger charge is -2.33. The third-order valence-electron chi connectivity index (χ3n) is 5.37. The van der Waals surface area contributed by atoms with Gasteiger partial charge < -0.3 is 19.7 Å². The van der Waals surface area contributed by atoms with Crippen LogP contribution in [0, 0.1) is 0 Å². The average molecular weight is 458 g/mol. The second-order valence-corrected chi connectivity index (χ2v) is 9.48. The van der Waals surface area contributed by atoms with Gasteiger partial charge in [0.2, 0.25) is 15.9 Å². The Balaban J connectivity index is 1.63. The van der Waals surface area contributed by atoms with Gasteiger partial charge in [-0.1, -0.05) is 18.2 Å². The molecule has 2 unspecified atom stereocenters. The second-order valence-electron chi connectivity index (χ2n) is 7.76. The molecule has 3 N–H and O–H groups in total. The standard InChI is InChI=1S/C22H23N3O6S/c1-13-12-25(14(2)26)20-10-16(7-8-21(20)31-13)32(29,30)24-19(22(27)28)9-15-11-23-18-6-4-3-5-17(15)18/h3-8,10-11,13,19,23-24H,9,12H2,1-2H3,(H,27,28). The number of H-pyrrole nitrogens is 1. The third-order valence-corrected chi connectivity index (χ3v) is 6.84. The minimum absolute atomic E-state index is 0.0380. The fraction of sp³-hybridized carbons (Fsp3) is 0.273. The van der Waals surface area contributed by atoms with Crippen molar-refractivity contribution in [2.24, 2.45) is 0 Å². The van der Waals surface area contributed by atoms with Crippen molar-refractivity contribution >= 4 is 38.5 Å². The summed E-state index contributed by atoms with van der Waals surface area (Å²) in [4.78, 5) is 28.3. The average Bonchev–Trinajstić information content (AvgIpc) is 3.15. The van der Waals surface area contributed by atoms with E-state index >= 15 is 0 Å². The number of sulfonamides is 1. The number of ether oxygens (including phenoxy) is 1. The molecule has 10 heteroatoms. The number of carbonyl (C=O) groups is 2. The van der Waals surface area contributed by atoms with E-state index < -0.39 is 22.0 Å². The van der Waals surface area contributed by atoms with Crippen LogP contribution in [0.25, 0.3) is 10.9 Å². The summed E-state index contributed by atoms with van der Waals surface area (Å²) in [5, 5.41) is 10.5. The lowest BCUT2D eigenvalue weighted by molar-refractivity contribution is -0.138. The fourth-order valence-electron chi connectivity index (χ4n) is 3.84. The SMILES string of the molecule is CC(=O)N1CC(C)Oc2ccc(S(=O)(=O)NC(Cc3c[nH]c4ccccc34)C(=O)O)cc21. The number of aromatic amines is 1. The number of amides is 1. The Morgan fingerprint density at radius 3 is 2.75 bits per heavy atom. The van der Waals surface area contributed by atoms with Gasteiger partial charge in [0.25, 0.3) is 0 Å². The van der Waals surface area contributed by atoms with Crippen LogP contribution in [0.5, 0.6) is 5.75 Å². The predicted octanol–water partition coefficient (Wildman–Crippen LogP) is 2.28. The molecular weight excluding hydrogens is 434 g/mol. The van der Waals surface area contributed by atoms with E-state index in [9.17, 15) is 23.1 Å². The van der Waals surface area contributed by atoms with Gasteiger partial charge in [-0.05, 0) is 36.8 Å². The monoisotopic (exact) mass is 457 g/mol. The molecule has 1 amide bonds. The van der Waals surface area contributed by atoms with Crippen LogP contribution in [-0.4, -0.2) is 49.1 Å². The van der Waals surface area contributed by atoms with Crippen LogP contribution < -0.4 is 14.4 Å². The number of aromatic nitrogens is 1. The first-order valence-electron chi connectivity index (χ1n) is 10.0. The number of aliphatic carboxylic acids is 1. The Hall–Kier alpha value is -3.37. The molecule has 0 fully saturated rings. The number of hydrogen-bond donors (Lipinski definition) is 3. The second kappa shape index (κ2) is 8.29. The van der Waals surface area contributed by atoms with Gasteiger partial charge >= 0.3 is 5.97 Å². The fourth-order valence-corrected chi connectivity index (χ4v) is 5.05. The highest BCUT2D eigenvalue weighted by Crippen LogP contribution is 2.35. The van der Waals surface area contributed by atoms with Crippen molar-refractivity contribution in [2.45, 2.75) is 37.3 Å². The summed E-state index contributed by atoms with van der Waals surface area (Å²) < 4.78 is 34.1. The molecule has 2 aromatic carbocycles. The number of rotatable bonds is 6.